The maximum Gasteiger partial charge on any atom is 0.293 e. The highest BCUT2D eigenvalue weighted by molar-refractivity contribution is 5.97. The van der Waals surface area contributed by atoms with Crippen molar-refractivity contribution in [2.75, 3.05) is 27.1 Å². The van der Waals surface area contributed by atoms with Crippen molar-refractivity contribution in [1.82, 2.24) is 15.4 Å². The summed E-state index contributed by atoms with van der Waals surface area (Å²) < 4.78 is 15.8. The lowest BCUT2D eigenvalue weighted by Crippen LogP contribution is -2.21. The zero-order valence-electron chi connectivity index (χ0n) is 13.4. The molecule has 9 heteroatoms. The number of nitrogens with one attached hydrogen (secondary N) is 1. The fourth-order valence-corrected chi connectivity index (χ4v) is 1.96. The third-order valence-electron chi connectivity index (χ3n) is 3.05. The molecule has 0 aliphatic heterocycles. The number of nitrogens with two attached hydrogens (primary N) is 1. The molecule has 126 valence electrons. The van der Waals surface area contributed by atoms with E-state index in [4.69, 9.17) is 19.9 Å². The second-order valence-electron chi connectivity index (χ2n) is 4.41. The van der Waals surface area contributed by atoms with Crippen LogP contribution < -0.4 is 25.4 Å². The Morgan fingerprint density at radius 1 is 1.12 bits per heavy atom. The van der Waals surface area contributed by atoms with Gasteiger partial charge in [0.1, 0.15) is 0 Å². The van der Waals surface area contributed by atoms with E-state index in [1.165, 1.54) is 39.9 Å². The summed E-state index contributed by atoms with van der Waals surface area (Å²) in [6.07, 6.45) is 4.17. The molecule has 0 radical (unpaired) electrons. The number of ether oxygens (including phenoxy) is 3. The molecule has 0 fully saturated rings. The molecule has 0 saturated heterocycles. The maximum atomic E-state index is 12.0. The molecule has 1 amide bonds. The van der Waals surface area contributed by atoms with Crippen LogP contribution in [0, 0.1) is 0 Å². The van der Waals surface area contributed by atoms with E-state index in [1.54, 1.807) is 12.1 Å². The minimum Gasteiger partial charge on any atom is -0.493 e. The van der Waals surface area contributed by atoms with Gasteiger partial charge in [-0.25, -0.2) is 15.4 Å². The molecule has 2 rings (SSSR count). The number of rotatable bonds is 6. The molecule has 3 N–H and O–H groups in total. The summed E-state index contributed by atoms with van der Waals surface area (Å²) in [5.74, 6) is 0.815. The Balaban J connectivity index is 2.20. The quantitative estimate of drug-likeness (QED) is 0.594. The molecule has 0 spiro atoms. The average Bonchev–Trinajstić information content (AvgIpc) is 2.61. The van der Waals surface area contributed by atoms with Crippen molar-refractivity contribution in [2.45, 2.75) is 0 Å². The van der Waals surface area contributed by atoms with E-state index in [9.17, 15) is 4.79 Å². The number of nitrogens with zero attached hydrogens (tertiary/aromatic N) is 3. The minimum absolute atomic E-state index is 0.00562. The van der Waals surface area contributed by atoms with Gasteiger partial charge in [0.2, 0.25) is 5.75 Å². The Hall–Kier alpha value is -3.36. The smallest absolute Gasteiger partial charge is 0.293 e. The number of hydrazone groups is 1. The van der Waals surface area contributed by atoms with E-state index >= 15 is 0 Å². The normalized spacial score (nSPS) is 10.5. The lowest BCUT2D eigenvalue weighted by atomic mass is 10.2. The molecule has 9 nitrogen and oxygen atoms in total. The van der Waals surface area contributed by atoms with Gasteiger partial charge in [-0.1, -0.05) is 0 Å². The van der Waals surface area contributed by atoms with Crippen molar-refractivity contribution in [3.05, 3.63) is 35.8 Å². The van der Waals surface area contributed by atoms with Crippen LogP contribution in [0.25, 0.3) is 0 Å². The number of carbonyl (C=O) groups excluding carboxylic acids is 1. The summed E-state index contributed by atoms with van der Waals surface area (Å²) in [7, 11) is 4.52. The fraction of sp³-hybridized carbons (Fsp3) is 0.200. The molecule has 1 aromatic carbocycles. The average molecular weight is 331 g/mol. The Morgan fingerprint density at radius 3 is 2.46 bits per heavy atom. The van der Waals surface area contributed by atoms with Crippen LogP contribution in [-0.2, 0) is 0 Å². The monoisotopic (exact) mass is 331 g/mol. The topological polar surface area (TPSA) is 121 Å². The Labute approximate surface area is 138 Å². The first-order valence-corrected chi connectivity index (χ1v) is 6.81. The molecule has 1 heterocycles. The van der Waals surface area contributed by atoms with Crippen molar-refractivity contribution < 1.29 is 19.0 Å². The van der Waals surface area contributed by atoms with Gasteiger partial charge >= 0.3 is 0 Å². The Bertz CT molecular complexity index is 764. The predicted molar refractivity (Wildman–Crippen MR) is 87.6 cm³/mol. The number of amides is 1. The van der Waals surface area contributed by atoms with Crippen molar-refractivity contribution in [1.29, 1.82) is 0 Å². The Morgan fingerprint density at radius 2 is 1.83 bits per heavy atom. The third-order valence-corrected chi connectivity index (χ3v) is 3.05. The highest BCUT2D eigenvalue weighted by Gasteiger charge is 2.15. The lowest BCUT2D eigenvalue weighted by molar-refractivity contribution is 0.0951. The minimum atomic E-state index is -0.573. The first kappa shape index (κ1) is 17.0. The molecule has 0 bridgehead atoms. The van der Waals surface area contributed by atoms with E-state index < -0.39 is 5.91 Å². The standard InChI is InChI=1S/C15H17N5O4/c1-22-10-5-4-9(12(23-2)13(10)24-3)8-19-20-15(21)11-14(16)18-7-6-17-11/h4-8H,1-3H3,(H2,16,18)(H,20,21)/b19-8+. The number of nitrogen functional groups attached to an aromatic ring is 1. The van der Waals surface area contributed by atoms with Gasteiger partial charge in [0.15, 0.2) is 23.0 Å². The second-order valence-corrected chi connectivity index (χ2v) is 4.41. The van der Waals surface area contributed by atoms with Gasteiger partial charge < -0.3 is 19.9 Å². The predicted octanol–water partition coefficient (Wildman–Crippen LogP) is 0.849. The molecular weight excluding hydrogens is 314 g/mol. The van der Waals surface area contributed by atoms with Gasteiger partial charge in [-0.05, 0) is 12.1 Å². The second kappa shape index (κ2) is 7.77. The first-order valence-electron chi connectivity index (χ1n) is 6.81. The summed E-state index contributed by atoms with van der Waals surface area (Å²) in [6.45, 7) is 0. The molecule has 24 heavy (non-hydrogen) atoms. The van der Waals surface area contributed by atoms with Gasteiger partial charge in [0.05, 0.1) is 27.5 Å². The van der Waals surface area contributed by atoms with Crippen LogP contribution in [-0.4, -0.2) is 43.4 Å². The lowest BCUT2D eigenvalue weighted by Gasteiger charge is -2.13. The molecule has 0 unspecified atom stereocenters. The van der Waals surface area contributed by atoms with Crippen LogP contribution in [0.15, 0.2) is 29.6 Å². The van der Waals surface area contributed by atoms with Gasteiger partial charge in [-0.3, -0.25) is 4.79 Å². The van der Waals surface area contributed by atoms with E-state index in [2.05, 4.69) is 20.5 Å². The van der Waals surface area contributed by atoms with Gasteiger partial charge in [0, 0.05) is 18.0 Å². The summed E-state index contributed by atoms with van der Waals surface area (Å²) in [4.78, 5) is 19.6. The Kier molecular flexibility index (Phi) is 5.50. The number of anilines is 1. The van der Waals surface area contributed by atoms with E-state index in [0.717, 1.165) is 0 Å². The number of aromatic nitrogens is 2. The fourth-order valence-electron chi connectivity index (χ4n) is 1.96. The van der Waals surface area contributed by atoms with Crippen LogP contribution in [0.4, 0.5) is 5.82 Å². The van der Waals surface area contributed by atoms with Crippen LogP contribution in [0.5, 0.6) is 17.2 Å². The number of methoxy groups -OCH3 is 3. The van der Waals surface area contributed by atoms with Gasteiger partial charge in [-0.15, -0.1) is 0 Å². The van der Waals surface area contributed by atoms with E-state index in [0.29, 0.717) is 22.8 Å². The van der Waals surface area contributed by atoms with Crippen LogP contribution in [0.1, 0.15) is 16.1 Å². The summed E-state index contributed by atoms with van der Waals surface area (Å²) in [5.41, 5.74) is 8.49. The van der Waals surface area contributed by atoms with E-state index in [1.807, 2.05) is 0 Å². The summed E-state index contributed by atoms with van der Waals surface area (Å²) >= 11 is 0. The zero-order chi connectivity index (χ0) is 17.5. The largest absolute Gasteiger partial charge is 0.493 e. The molecule has 0 atom stereocenters. The maximum absolute atomic E-state index is 12.0. The molecule has 2 aromatic rings. The van der Waals surface area contributed by atoms with Crippen molar-refractivity contribution in [2.24, 2.45) is 5.10 Å². The SMILES string of the molecule is COc1ccc(/C=N/NC(=O)c2nccnc2N)c(OC)c1OC. The molecular formula is C15H17N5O4. The number of hydrogen-bond donors (Lipinski definition) is 2. The molecule has 1 aromatic heterocycles. The first-order chi connectivity index (χ1) is 11.6. The number of hydrogen-bond acceptors (Lipinski definition) is 8. The van der Waals surface area contributed by atoms with Crippen molar-refractivity contribution in [3.8, 4) is 17.2 Å². The van der Waals surface area contributed by atoms with E-state index in [-0.39, 0.29) is 11.5 Å². The van der Waals surface area contributed by atoms with Crippen LogP contribution >= 0.6 is 0 Å². The van der Waals surface area contributed by atoms with Crippen LogP contribution in [0.2, 0.25) is 0 Å². The van der Waals surface area contributed by atoms with Crippen LogP contribution in [0.3, 0.4) is 0 Å². The van der Waals surface area contributed by atoms with Gasteiger partial charge in [0.25, 0.3) is 5.91 Å². The van der Waals surface area contributed by atoms with Crippen molar-refractivity contribution in [3.63, 3.8) is 0 Å². The molecule has 0 aliphatic carbocycles. The van der Waals surface area contributed by atoms with Gasteiger partial charge in [-0.2, -0.15) is 5.10 Å². The summed E-state index contributed by atoms with van der Waals surface area (Å²) in [5, 5.41) is 3.87. The number of carbonyl (C=O) groups is 1. The zero-order valence-corrected chi connectivity index (χ0v) is 13.4. The number of benzene rings is 1. The molecule has 0 saturated carbocycles. The summed E-state index contributed by atoms with van der Waals surface area (Å²) in [6, 6.07) is 3.41. The molecule has 0 aliphatic rings. The van der Waals surface area contributed by atoms with Crippen molar-refractivity contribution >= 4 is 17.9 Å². The highest BCUT2D eigenvalue weighted by Crippen LogP contribution is 2.38. The third kappa shape index (κ3) is 3.51. The highest BCUT2D eigenvalue weighted by atomic mass is 16.5.